The number of carboxylic acids is 1. The van der Waals surface area contributed by atoms with Gasteiger partial charge in [-0.1, -0.05) is 0 Å². The number of likely N-dealkylation sites (N-methyl/N-ethyl adjacent to an activating group) is 1. The molecule has 2 rings (SSSR count). The van der Waals surface area contributed by atoms with Gasteiger partial charge >= 0.3 is 5.97 Å². The van der Waals surface area contributed by atoms with E-state index < -0.39 is 5.97 Å². The molecule has 1 heterocycles. The molecule has 0 saturated heterocycles. The number of hydrogen-bond donors (Lipinski definition) is 2. The van der Waals surface area contributed by atoms with Crippen molar-refractivity contribution in [3.8, 4) is 0 Å². The zero-order valence-corrected chi connectivity index (χ0v) is 12.9. The lowest BCUT2D eigenvalue weighted by atomic mass is 9.98. The summed E-state index contributed by atoms with van der Waals surface area (Å²) in [6, 6.07) is 2.00. The zero-order chi connectivity index (χ0) is 15.7. The summed E-state index contributed by atoms with van der Waals surface area (Å²) in [6.07, 6.45) is 0. The minimum atomic E-state index is -1.04. The highest BCUT2D eigenvalue weighted by Crippen LogP contribution is 2.32. The van der Waals surface area contributed by atoms with E-state index in [1.54, 1.807) is 6.92 Å². The minimum Gasteiger partial charge on any atom is -0.475 e. The third kappa shape index (κ3) is 2.80. The molecule has 21 heavy (non-hydrogen) atoms. The lowest BCUT2D eigenvalue weighted by Gasteiger charge is -2.18. The average Bonchev–Trinajstić information content (AvgIpc) is 2.74. The fourth-order valence-electron chi connectivity index (χ4n) is 2.58. The molecule has 5 heteroatoms. The molecule has 0 aliphatic heterocycles. The molecular formula is C16H21NO4. The first-order chi connectivity index (χ1) is 9.86. The Morgan fingerprint density at radius 1 is 1.24 bits per heavy atom. The second-order valence-corrected chi connectivity index (χ2v) is 5.49. The van der Waals surface area contributed by atoms with Gasteiger partial charge in [-0.2, -0.15) is 0 Å². The van der Waals surface area contributed by atoms with Gasteiger partial charge in [0.15, 0.2) is 0 Å². The molecule has 0 amide bonds. The Bertz CT molecular complexity index is 687. The van der Waals surface area contributed by atoms with Crippen LogP contribution in [0.2, 0.25) is 0 Å². The summed E-state index contributed by atoms with van der Waals surface area (Å²) in [5, 5.41) is 19.0. The van der Waals surface area contributed by atoms with E-state index in [1.165, 1.54) is 0 Å². The quantitative estimate of drug-likeness (QED) is 0.885. The molecule has 0 radical (unpaired) electrons. The maximum atomic E-state index is 11.2. The normalized spacial score (nSPS) is 11.5. The van der Waals surface area contributed by atoms with Crippen molar-refractivity contribution in [3.63, 3.8) is 0 Å². The molecule has 0 unspecified atom stereocenters. The van der Waals surface area contributed by atoms with Crippen molar-refractivity contribution in [2.75, 3.05) is 20.2 Å². The predicted molar refractivity (Wildman–Crippen MR) is 80.8 cm³/mol. The van der Waals surface area contributed by atoms with E-state index in [2.05, 4.69) is 0 Å². The van der Waals surface area contributed by atoms with Crippen LogP contribution in [-0.2, 0) is 6.54 Å². The highest BCUT2D eigenvalue weighted by Gasteiger charge is 2.20. The first-order valence-corrected chi connectivity index (χ1v) is 6.91. The van der Waals surface area contributed by atoms with E-state index in [9.17, 15) is 9.90 Å². The Morgan fingerprint density at radius 3 is 2.48 bits per heavy atom. The van der Waals surface area contributed by atoms with E-state index in [4.69, 9.17) is 9.52 Å². The van der Waals surface area contributed by atoms with Gasteiger partial charge in [0.2, 0.25) is 5.76 Å². The van der Waals surface area contributed by atoms with Crippen LogP contribution in [0.5, 0.6) is 0 Å². The number of aliphatic hydroxyl groups excluding tert-OH is 1. The first kappa shape index (κ1) is 15.5. The van der Waals surface area contributed by atoms with E-state index in [1.807, 2.05) is 31.9 Å². The number of carboxylic acid groups (broad SMARTS) is 1. The van der Waals surface area contributed by atoms with Crippen molar-refractivity contribution in [1.29, 1.82) is 0 Å². The Labute approximate surface area is 123 Å². The van der Waals surface area contributed by atoms with Crippen molar-refractivity contribution in [3.05, 3.63) is 34.1 Å². The van der Waals surface area contributed by atoms with Gasteiger partial charge in [0.05, 0.1) is 6.61 Å². The topological polar surface area (TPSA) is 73.9 Å². The maximum absolute atomic E-state index is 11.2. The van der Waals surface area contributed by atoms with Crippen LogP contribution in [0, 0.1) is 20.8 Å². The average molecular weight is 291 g/mol. The van der Waals surface area contributed by atoms with Gasteiger partial charge in [0.1, 0.15) is 5.58 Å². The van der Waals surface area contributed by atoms with Crippen molar-refractivity contribution < 1.29 is 19.4 Å². The summed E-state index contributed by atoms with van der Waals surface area (Å²) in [4.78, 5) is 13.2. The first-order valence-electron chi connectivity index (χ1n) is 6.91. The minimum absolute atomic E-state index is 0.00774. The van der Waals surface area contributed by atoms with Gasteiger partial charge in [0, 0.05) is 24.0 Å². The Kier molecular flexibility index (Phi) is 4.34. The van der Waals surface area contributed by atoms with Crippen LogP contribution in [0.25, 0.3) is 11.0 Å². The van der Waals surface area contributed by atoms with E-state index in [0.29, 0.717) is 24.2 Å². The van der Waals surface area contributed by atoms with Crippen LogP contribution in [0.15, 0.2) is 10.5 Å². The molecule has 0 aliphatic carbocycles. The number of hydrogen-bond acceptors (Lipinski definition) is 4. The summed E-state index contributed by atoms with van der Waals surface area (Å²) in [5.74, 6) is -1.03. The number of rotatable bonds is 5. The van der Waals surface area contributed by atoms with Gasteiger partial charge < -0.3 is 14.6 Å². The fraction of sp³-hybridized carbons (Fsp3) is 0.438. The SMILES string of the molecule is Cc1c(CN(C)CCO)cc2c(C)c(C(=O)O)oc2c1C. The highest BCUT2D eigenvalue weighted by molar-refractivity contribution is 5.96. The molecule has 0 atom stereocenters. The van der Waals surface area contributed by atoms with E-state index in [0.717, 1.165) is 22.1 Å². The summed E-state index contributed by atoms with van der Waals surface area (Å²) < 4.78 is 5.53. The second kappa shape index (κ2) is 5.87. The lowest BCUT2D eigenvalue weighted by Crippen LogP contribution is -2.22. The number of aryl methyl sites for hydroxylation is 2. The third-order valence-corrected chi connectivity index (χ3v) is 4.01. The summed E-state index contributed by atoms with van der Waals surface area (Å²) in [7, 11) is 1.94. The van der Waals surface area contributed by atoms with Crippen LogP contribution in [0.1, 0.15) is 32.8 Å². The van der Waals surface area contributed by atoms with Gasteiger partial charge in [0.25, 0.3) is 0 Å². The zero-order valence-electron chi connectivity index (χ0n) is 12.9. The van der Waals surface area contributed by atoms with Crippen LogP contribution >= 0.6 is 0 Å². The van der Waals surface area contributed by atoms with Gasteiger partial charge in [-0.3, -0.25) is 4.90 Å². The predicted octanol–water partition coefficient (Wildman–Crippen LogP) is 2.48. The molecule has 0 spiro atoms. The molecule has 0 aliphatic rings. The smallest absolute Gasteiger partial charge is 0.372 e. The monoisotopic (exact) mass is 291 g/mol. The summed E-state index contributed by atoms with van der Waals surface area (Å²) in [5.41, 5.74) is 4.49. The van der Waals surface area contributed by atoms with Crippen molar-refractivity contribution in [2.24, 2.45) is 0 Å². The molecule has 0 saturated carbocycles. The molecule has 114 valence electrons. The maximum Gasteiger partial charge on any atom is 0.372 e. The molecule has 1 aromatic heterocycles. The summed E-state index contributed by atoms with van der Waals surface area (Å²) in [6.45, 7) is 7.14. The third-order valence-electron chi connectivity index (χ3n) is 4.01. The van der Waals surface area contributed by atoms with Crippen LogP contribution < -0.4 is 0 Å². The largest absolute Gasteiger partial charge is 0.475 e. The van der Waals surface area contributed by atoms with Gasteiger partial charge in [-0.25, -0.2) is 4.79 Å². The molecule has 0 bridgehead atoms. The number of furan rings is 1. The molecular weight excluding hydrogens is 270 g/mol. The summed E-state index contributed by atoms with van der Waals surface area (Å²) >= 11 is 0. The van der Waals surface area contributed by atoms with Crippen molar-refractivity contribution in [1.82, 2.24) is 4.90 Å². The van der Waals surface area contributed by atoms with Gasteiger partial charge in [-0.15, -0.1) is 0 Å². The van der Waals surface area contributed by atoms with E-state index >= 15 is 0 Å². The fourth-order valence-corrected chi connectivity index (χ4v) is 2.58. The van der Waals surface area contributed by atoms with Crippen molar-refractivity contribution in [2.45, 2.75) is 27.3 Å². The van der Waals surface area contributed by atoms with Crippen LogP contribution in [-0.4, -0.2) is 41.3 Å². The number of aromatic carboxylic acids is 1. The van der Waals surface area contributed by atoms with Crippen LogP contribution in [0.3, 0.4) is 0 Å². The number of benzene rings is 1. The Hall–Kier alpha value is -1.85. The molecule has 1 aromatic carbocycles. The number of nitrogens with zero attached hydrogens (tertiary/aromatic N) is 1. The highest BCUT2D eigenvalue weighted by atomic mass is 16.4. The molecule has 0 fully saturated rings. The van der Waals surface area contributed by atoms with Crippen molar-refractivity contribution >= 4 is 16.9 Å². The van der Waals surface area contributed by atoms with Crippen LogP contribution in [0.4, 0.5) is 0 Å². The Morgan fingerprint density at radius 2 is 1.90 bits per heavy atom. The molecule has 2 aromatic rings. The number of aliphatic hydroxyl groups is 1. The lowest BCUT2D eigenvalue weighted by molar-refractivity contribution is 0.0664. The number of fused-ring (bicyclic) bond motifs is 1. The molecule has 2 N–H and O–H groups in total. The standard InChI is InChI=1S/C16H21NO4/c1-9-10(2)14-13(11(3)15(21-14)16(19)20)7-12(9)8-17(4)5-6-18/h7,18H,5-6,8H2,1-4H3,(H,19,20). The van der Waals surface area contributed by atoms with Gasteiger partial charge in [-0.05, 0) is 50.6 Å². The molecule has 5 nitrogen and oxygen atoms in total. The number of carbonyl (C=O) groups is 1. The second-order valence-electron chi connectivity index (χ2n) is 5.49. The van der Waals surface area contributed by atoms with E-state index in [-0.39, 0.29) is 12.4 Å². The Balaban J connectivity index is 2.56.